The van der Waals surface area contributed by atoms with E-state index in [1.165, 1.54) is 0 Å². The largest absolute Gasteiger partial charge is 0.378 e. The molecule has 8 heteroatoms. The van der Waals surface area contributed by atoms with Gasteiger partial charge in [-0.05, 0) is 25.8 Å². The zero-order valence-corrected chi connectivity index (χ0v) is 11.9. The van der Waals surface area contributed by atoms with Gasteiger partial charge in [-0.1, -0.05) is 11.6 Å². The molecule has 0 spiro atoms. The molecule has 1 aromatic heterocycles. The van der Waals surface area contributed by atoms with Gasteiger partial charge in [0.25, 0.3) is 5.56 Å². The molecule has 1 aromatic rings. The monoisotopic (exact) mass is 306 g/mol. The molecule has 0 aliphatic heterocycles. The Morgan fingerprint density at radius 1 is 1.53 bits per heavy atom. The summed E-state index contributed by atoms with van der Waals surface area (Å²) in [6.07, 6.45) is 2.57. The average Bonchev–Trinajstić information content (AvgIpc) is 2.30. The third kappa shape index (κ3) is 3.36. The van der Waals surface area contributed by atoms with Crippen LogP contribution in [0.3, 0.4) is 0 Å². The Bertz CT molecular complexity index is 607. The first-order chi connectivity index (χ1) is 8.92. The molecule has 1 saturated carbocycles. The van der Waals surface area contributed by atoms with Gasteiger partial charge in [0.1, 0.15) is 5.02 Å². The fraction of sp³-hybridized carbons (Fsp3) is 0.545. The number of hydrogen-bond acceptors (Lipinski definition) is 4. The summed E-state index contributed by atoms with van der Waals surface area (Å²) in [4.78, 5) is 13.3. The Morgan fingerprint density at radius 3 is 2.79 bits per heavy atom. The van der Waals surface area contributed by atoms with E-state index >= 15 is 0 Å². The van der Waals surface area contributed by atoms with Crippen LogP contribution in [0.15, 0.2) is 22.0 Å². The summed E-state index contributed by atoms with van der Waals surface area (Å²) in [6.45, 7) is 2.53. The third-order valence-corrected chi connectivity index (χ3v) is 4.74. The van der Waals surface area contributed by atoms with Crippen LogP contribution < -0.4 is 10.3 Å². The van der Waals surface area contributed by atoms with E-state index in [9.17, 15) is 13.2 Å². The topological polar surface area (TPSA) is 88.3 Å². The second-order valence-electron chi connectivity index (χ2n) is 4.38. The lowest BCUT2D eigenvalue weighted by Gasteiger charge is -2.35. The molecule has 6 nitrogen and oxygen atoms in total. The molecule has 1 fully saturated rings. The number of aromatic amines is 1. The van der Waals surface area contributed by atoms with Gasteiger partial charge >= 0.3 is 0 Å². The number of H-pyrrole nitrogens is 1. The highest BCUT2D eigenvalue weighted by Gasteiger charge is 2.33. The first-order valence-electron chi connectivity index (χ1n) is 5.94. The van der Waals surface area contributed by atoms with Crippen molar-refractivity contribution in [3.05, 3.63) is 27.6 Å². The highest BCUT2D eigenvalue weighted by Crippen LogP contribution is 2.25. The van der Waals surface area contributed by atoms with Gasteiger partial charge < -0.3 is 9.72 Å². The summed E-state index contributed by atoms with van der Waals surface area (Å²) in [5, 5.41) is -0.149. The molecule has 0 radical (unpaired) electrons. The molecule has 0 aromatic carbocycles. The maximum atomic E-state index is 12.0. The van der Waals surface area contributed by atoms with Crippen LogP contribution in [0, 0.1) is 0 Å². The predicted octanol–water partition coefficient (Wildman–Crippen LogP) is 0.874. The van der Waals surface area contributed by atoms with Crippen molar-refractivity contribution >= 4 is 21.6 Å². The average molecular weight is 307 g/mol. The Hall–Kier alpha value is -0.890. The van der Waals surface area contributed by atoms with E-state index in [1.54, 1.807) is 0 Å². The fourth-order valence-electron chi connectivity index (χ4n) is 1.91. The van der Waals surface area contributed by atoms with Gasteiger partial charge in [0.05, 0.1) is 11.0 Å². The SMILES string of the molecule is CCOC1CC(NS(=O)(=O)c2c[nH]c(=O)c(Cl)c2)C1. The quantitative estimate of drug-likeness (QED) is 0.845. The molecule has 106 valence electrons. The number of aromatic nitrogens is 1. The maximum absolute atomic E-state index is 12.0. The first-order valence-corrected chi connectivity index (χ1v) is 7.80. The Morgan fingerprint density at radius 2 is 2.21 bits per heavy atom. The normalized spacial score (nSPS) is 23.1. The molecule has 2 N–H and O–H groups in total. The van der Waals surface area contributed by atoms with E-state index in [0.29, 0.717) is 19.4 Å². The highest BCUT2D eigenvalue weighted by molar-refractivity contribution is 7.89. The van der Waals surface area contributed by atoms with E-state index in [-0.39, 0.29) is 22.1 Å². The zero-order chi connectivity index (χ0) is 14.0. The van der Waals surface area contributed by atoms with Crippen molar-refractivity contribution in [3.63, 3.8) is 0 Å². The second kappa shape index (κ2) is 5.62. The van der Waals surface area contributed by atoms with E-state index < -0.39 is 15.6 Å². The minimum Gasteiger partial charge on any atom is -0.378 e. The molecule has 0 unspecified atom stereocenters. The lowest BCUT2D eigenvalue weighted by Crippen LogP contribution is -2.47. The lowest BCUT2D eigenvalue weighted by molar-refractivity contribution is -0.00475. The van der Waals surface area contributed by atoms with Crippen molar-refractivity contribution in [2.75, 3.05) is 6.61 Å². The van der Waals surface area contributed by atoms with Gasteiger partial charge in [0.2, 0.25) is 10.0 Å². The molecule has 0 amide bonds. The summed E-state index contributed by atoms with van der Waals surface area (Å²) in [5.74, 6) is 0. The van der Waals surface area contributed by atoms with Crippen LogP contribution in [-0.2, 0) is 14.8 Å². The molecule has 19 heavy (non-hydrogen) atoms. The summed E-state index contributed by atoms with van der Waals surface area (Å²) in [5.41, 5.74) is -0.513. The molecule has 1 aliphatic carbocycles. The van der Waals surface area contributed by atoms with E-state index in [2.05, 4.69) is 9.71 Å². The summed E-state index contributed by atoms with van der Waals surface area (Å²) < 4.78 is 32.0. The van der Waals surface area contributed by atoms with E-state index in [1.807, 2.05) is 6.92 Å². The number of hydrogen-bond donors (Lipinski definition) is 2. The van der Waals surface area contributed by atoms with Crippen LogP contribution in [0.1, 0.15) is 19.8 Å². The van der Waals surface area contributed by atoms with Crippen LogP contribution in [0.2, 0.25) is 5.02 Å². The van der Waals surface area contributed by atoms with Gasteiger partial charge in [-0.3, -0.25) is 4.79 Å². The van der Waals surface area contributed by atoms with Gasteiger partial charge in [0.15, 0.2) is 0 Å². The van der Waals surface area contributed by atoms with Gasteiger partial charge in [-0.15, -0.1) is 0 Å². The number of ether oxygens (including phenoxy) is 1. The van der Waals surface area contributed by atoms with Gasteiger partial charge in [-0.25, -0.2) is 13.1 Å². The third-order valence-electron chi connectivity index (χ3n) is 2.96. The molecule has 1 aliphatic rings. The predicted molar refractivity (Wildman–Crippen MR) is 70.8 cm³/mol. The lowest BCUT2D eigenvalue weighted by atomic mass is 9.90. The smallest absolute Gasteiger partial charge is 0.266 e. The molecular weight excluding hydrogens is 292 g/mol. The number of rotatable bonds is 5. The summed E-state index contributed by atoms with van der Waals surface area (Å²) in [6, 6.07) is 1.01. The van der Waals surface area contributed by atoms with Crippen molar-refractivity contribution < 1.29 is 13.2 Å². The van der Waals surface area contributed by atoms with Crippen molar-refractivity contribution in [3.8, 4) is 0 Å². The van der Waals surface area contributed by atoms with Crippen molar-refractivity contribution in [2.24, 2.45) is 0 Å². The minimum absolute atomic E-state index is 0.0445. The van der Waals surface area contributed by atoms with E-state index in [0.717, 1.165) is 12.3 Å². The minimum atomic E-state index is -3.66. The summed E-state index contributed by atoms with van der Waals surface area (Å²) in [7, 11) is -3.66. The second-order valence-corrected chi connectivity index (χ2v) is 6.50. The van der Waals surface area contributed by atoms with Crippen LogP contribution in [0.5, 0.6) is 0 Å². The van der Waals surface area contributed by atoms with Crippen LogP contribution in [0.25, 0.3) is 0 Å². The van der Waals surface area contributed by atoms with Crippen molar-refractivity contribution in [1.82, 2.24) is 9.71 Å². The maximum Gasteiger partial charge on any atom is 0.266 e. The highest BCUT2D eigenvalue weighted by atomic mass is 35.5. The number of nitrogens with one attached hydrogen (secondary N) is 2. The fourth-order valence-corrected chi connectivity index (χ4v) is 3.41. The molecule has 0 bridgehead atoms. The van der Waals surface area contributed by atoms with Crippen LogP contribution in [0.4, 0.5) is 0 Å². The molecule has 2 rings (SSSR count). The molecular formula is C11H15ClN2O4S. The van der Waals surface area contributed by atoms with Crippen LogP contribution in [-0.4, -0.2) is 32.2 Å². The Balaban J connectivity index is 2.03. The molecule has 0 saturated heterocycles. The number of sulfonamides is 1. The summed E-state index contributed by atoms with van der Waals surface area (Å²) >= 11 is 5.61. The van der Waals surface area contributed by atoms with Gasteiger partial charge in [-0.2, -0.15) is 0 Å². The Kier molecular flexibility index (Phi) is 4.29. The molecule has 0 atom stereocenters. The number of pyridine rings is 1. The van der Waals surface area contributed by atoms with Crippen LogP contribution >= 0.6 is 11.6 Å². The first kappa shape index (κ1) is 14.5. The van der Waals surface area contributed by atoms with E-state index in [4.69, 9.17) is 16.3 Å². The standard InChI is InChI=1S/C11H15ClN2O4S/c1-2-18-8-3-7(4-8)14-19(16,17)9-5-10(12)11(15)13-6-9/h5-8,14H,2-4H2,1H3,(H,13,15). The Labute approximate surface area is 116 Å². The molecule has 1 heterocycles. The van der Waals surface area contributed by atoms with Crippen molar-refractivity contribution in [1.29, 1.82) is 0 Å². The number of halogens is 1. The zero-order valence-electron chi connectivity index (χ0n) is 10.3. The van der Waals surface area contributed by atoms with Crippen molar-refractivity contribution in [2.45, 2.75) is 36.8 Å². The van der Waals surface area contributed by atoms with Gasteiger partial charge in [0, 0.05) is 18.8 Å².